The number of hydrogen-bond acceptors (Lipinski definition) is 8. The van der Waals surface area contributed by atoms with Crippen LogP contribution in [-0.4, -0.2) is 64.8 Å². The summed E-state index contributed by atoms with van der Waals surface area (Å²) in [5.41, 5.74) is 0.631. The Balaban J connectivity index is 1.99. The van der Waals surface area contributed by atoms with Crippen LogP contribution in [0.3, 0.4) is 0 Å². The Hall–Kier alpha value is -3.60. The van der Waals surface area contributed by atoms with Crippen molar-refractivity contribution in [3.05, 3.63) is 47.5 Å². The minimum atomic E-state index is -3.87. The molecule has 1 amide bonds. The zero-order valence-corrected chi connectivity index (χ0v) is 21.5. The number of nitrogens with zero attached hydrogens (tertiary/aromatic N) is 3. The number of amides is 1. The van der Waals surface area contributed by atoms with Gasteiger partial charge in [-0.2, -0.15) is 13.5 Å². The summed E-state index contributed by atoms with van der Waals surface area (Å²) in [5.74, 6) is 1.27. The van der Waals surface area contributed by atoms with E-state index < -0.39 is 15.6 Å². The predicted octanol–water partition coefficient (Wildman–Crippen LogP) is 2.80. The molecule has 0 fully saturated rings. The molecule has 0 saturated carbocycles. The second-order valence-electron chi connectivity index (χ2n) is 8.76. The fraction of sp³-hybridized carbons (Fsp3) is 0.375. The lowest BCUT2D eigenvalue weighted by molar-refractivity contribution is -0.122. The van der Waals surface area contributed by atoms with Crippen molar-refractivity contribution in [3.8, 4) is 17.2 Å². The number of benzene rings is 2. The smallest absolute Gasteiger partial charge is 0.285 e. The number of amidine groups is 1. The largest absolute Gasteiger partial charge is 0.493 e. The first-order valence-corrected chi connectivity index (χ1v) is 12.3. The summed E-state index contributed by atoms with van der Waals surface area (Å²) < 4.78 is 45.3. The summed E-state index contributed by atoms with van der Waals surface area (Å²) in [7, 11) is 0.658. The highest BCUT2D eigenvalue weighted by Crippen LogP contribution is 2.37. The fourth-order valence-corrected chi connectivity index (χ4v) is 4.70. The molecule has 188 valence electrons. The van der Waals surface area contributed by atoms with Gasteiger partial charge in [0.15, 0.2) is 17.3 Å². The van der Waals surface area contributed by atoms with E-state index in [2.05, 4.69) is 14.8 Å². The van der Waals surface area contributed by atoms with Gasteiger partial charge in [-0.1, -0.05) is 12.1 Å². The number of hydrazone groups is 1. The molecule has 1 N–H and O–H groups in total. The molecular formula is C24H30N4O6S. The SMILES string of the molecule is COc1cc(/C=N\N(CCC(=O)NC(C)(C)C)C2=NS(=O)(=O)c3ccccc32)cc(OC)c1OC. The Bertz CT molecular complexity index is 1240. The first-order chi connectivity index (χ1) is 16.5. The van der Waals surface area contributed by atoms with Crippen LogP contribution in [0.15, 0.2) is 50.8 Å². The third-order valence-corrected chi connectivity index (χ3v) is 6.28. The van der Waals surface area contributed by atoms with Crippen molar-refractivity contribution in [2.24, 2.45) is 9.50 Å². The van der Waals surface area contributed by atoms with Crippen molar-refractivity contribution in [2.45, 2.75) is 37.6 Å². The molecule has 1 aliphatic rings. The highest BCUT2D eigenvalue weighted by molar-refractivity contribution is 7.90. The Kier molecular flexibility index (Phi) is 7.69. The van der Waals surface area contributed by atoms with Crippen molar-refractivity contribution in [2.75, 3.05) is 27.9 Å². The minimum absolute atomic E-state index is 0.0745. The molecule has 0 bridgehead atoms. The fourth-order valence-electron chi connectivity index (χ4n) is 3.49. The van der Waals surface area contributed by atoms with Gasteiger partial charge in [-0.15, -0.1) is 4.40 Å². The monoisotopic (exact) mass is 502 g/mol. The lowest BCUT2D eigenvalue weighted by atomic mass is 10.1. The lowest BCUT2D eigenvalue weighted by Crippen LogP contribution is -2.42. The summed E-state index contributed by atoms with van der Waals surface area (Å²) >= 11 is 0. The molecule has 1 heterocycles. The van der Waals surface area contributed by atoms with Gasteiger partial charge in [0.2, 0.25) is 11.7 Å². The maximum Gasteiger partial charge on any atom is 0.285 e. The number of fused-ring (bicyclic) bond motifs is 1. The normalized spacial score (nSPS) is 14.3. The average molecular weight is 503 g/mol. The van der Waals surface area contributed by atoms with E-state index in [0.29, 0.717) is 28.4 Å². The van der Waals surface area contributed by atoms with Crippen LogP contribution >= 0.6 is 0 Å². The average Bonchev–Trinajstić information content (AvgIpc) is 3.08. The van der Waals surface area contributed by atoms with Crippen LogP contribution < -0.4 is 19.5 Å². The van der Waals surface area contributed by atoms with E-state index in [0.717, 1.165) is 0 Å². The molecular weight excluding hydrogens is 472 g/mol. The van der Waals surface area contributed by atoms with E-state index in [1.165, 1.54) is 38.6 Å². The molecule has 0 aliphatic carbocycles. The maximum absolute atomic E-state index is 12.6. The summed E-state index contributed by atoms with van der Waals surface area (Å²) in [6.07, 6.45) is 1.59. The summed E-state index contributed by atoms with van der Waals surface area (Å²) in [6, 6.07) is 9.93. The van der Waals surface area contributed by atoms with Crippen LogP contribution in [0.1, 0.15) is 38.3 Å². The Morgan fingerprint density at radius 1 is 1.09 bits per heavy atom. The highest BCUT2D eigenvalue weighted by atomic mass is 32.2. The number of rotatable bonds is 8. The van der Waals surface area contributed by atoms with E-state index in [-0.39, 0.29) is 29.6 Å². The van der Waals surface area contributed by atoms with Crippen LogP contribution in [-0.2, 0) is 14.8 Å². The summed E-state index contributed by atoms with van der Waals surface area (Å²) in [5, 5.41) is 8.80. The number of methoxy groups -OCH3 is 3. The van der Waals surface area contributed by atoms with Crippen LogP contribution in [0.25, 0.3) is 0 Å². The quantitative estimate of drug-likeness (QED) is 0.435. The van der Waals surface area contributed by atoms with Gasteiger partial charge < -0.3 is 19.5 Å². The van der Waals surface area contributed by atoms with E-state index in [1.807, 2.05) is 20.8 Å². The van der Waals surface area contributed by atoms with Crippen LogP contribution in [0.4, 0.5) is 0 Å². The molecule has 3 rings (SSSR count). The van der Waals surface area contributed by atoms with Gasteiger partial charge in [-0.25, -0.2) is 5.01 Å². The number of carbonyl (C=O) groups excluding carboxylic acids is 1. The van der Waals surface area contributed by atoms with E-state index in [9.17, 15) is 13.2 Å². The molecule has 1 aliphatic heterocycles. The molecule has 0 atom stereocenters. The van der Waals surface area contributed by atoms with E-state index in [4.69, 9.17) is 14.2 Å². The van der Waals surface area contributed by atoms with Crippen molar-refractivity contribution in [3.63, 3.8) is 0 Å². The molecule has 2 aromatic carbocycles. The molecule has 0 saturated heterocycles. The zero-order valence-electron chi connectivity index (χ0n) is 20.7. The van der Waals surface area contributed by atoms with Gasteiger partial charge in [0.05, 0.1) is 34.1 Å². The van der Waals surface area contributed by atoms with Crippen molar-refractivity contribution < 1.29 is 27.4 Å². The number of sulfonamides is 1. The highest BCUT2D eigenvalue weighted by Gasteiger charge is 2.32. The molecule has 11 heteroatoms. The second-order valence-corrected chi connectivity index (χ2v) is 10.3. The first kappa shape index (κ1) is 26.0. The number of ether oxygens (including phenoxy) is 3. The molecule has 35 heavy (non-hydrogen) atoms. The molecule has 0 radical (unpaired) electrons. The van der Waals surface area contributed by atoms with Crippen molar-refractivity contribution in [1.82, 2.24) is 10.3 Å². The number of carbonyl (C=O) groups is 1. The third kappa shape index (κ3) is 6.10. The van der Waals surface area contributed by atoms with Crippen LogP contribution in [0.2, 0.25) is 0 Å². The van der Waals surface area contributed by atoms with Crippen LogP contribution in [0.5, 0.6) is 17.2 Å². The maximum atomic E-state index is 12.6. The zero-order chi connectivity index (χ0) is 25.8. The summed E-state index contributed by atoms with van der Waals surface area (Å²) in [4.78, 5) is 12.6. The number of nitrogens with one attached hydrogen (secondary N) is 1. The molecule has 0 aromatic heterocycles. The van der Waals surface area contributed by atoms with Crippen LogP contribution in [0, 0.1) is 0 Å². The molecule has 0 unspecified atom stereocenters. The van der Waals surface area contributed by atoms with Crippen molar-refractivity contribution in [1.29, 1.82) is 0 Å². The van der Waals surface area contributed by atoms with Gasteiger partial charge in [0, 0.05) is 23.1 Å². The van der Waals surface area contributed by atoms with E-state index in [1.54, 1.807) is 30.3 Å². The Morgan fingerprint density at radius 2 is 1.71 bits per heavy atom. The summed E-state index contributed by atoms with van der Waals surface area (Å²) in [6.45, 7) is 5.75. The Morgan fingerprint density at radius 3 is 2.29 bits per heavy atom. The predicted molar refractivity (Wildman–Crippen MR) is 133 cm³/mol. The first-order valence-electron chi connectivity index (χ1n) is 10.9. The topological polar surface area (TPSA) is 119 Å². The van der Waals surface area contributed by atoms with Gasteiger partial charge >= 0.3 is 0 Å². The Labute approximate surface area is 205 Å². The molecule has 2 aromatic rings. The van der Waals surface area contributed by atoms with Crippen molar-refractivity contribution >= 4 is 28.0 Å². The van der Waals surface area contributed by atoms with Gasteiger partial charge in [-0.3, -0.25) is 4.79 Å². The van der Waals surface area contributed by atoms with Gasteiger partial charge in [0.1, 0.15) is 4.90 Å². The lowest BCUT2D eigenvalue weighted by Gasteiger charge is -2.23. The molecule has 10 nitrogen and oxygen atoms in total. The number of hydrogen-bond donors (Lipinski definition) is 1. The standard InChI is InChI=1S/C24H30N4O6S/c1-24(2,3)26-21(29)11-12-28(23-17-9-7-8-10-20(17)35(30,31)27-23)25-15-16-13-18(32-4)22(34-6)19(14-16)33-5/h7-10,13-15H,11-12H2,1-6H3,(H,26,29)/b25-15-. The second kappa shape index (κ2) is 10.3. The molecule has 0 spiro atoms. The van der Waals surface area contributed by atoms with E-state index >= 15 is 0 Å². The van der Waals surface area contributed by atoms with Gasteiger partial charge in [-0.05, 0) is 45.0 Å². The minimum Gasteiger partial charge on any atom is -0.493 e. The third-order valence-electron chi connectivity index (χ3n) is 4.96. The van der Waals surface area contributed by atoms with Gasteiger partial charge in [0.25, 0.3) is 10.0 Å².